The van der Waals surface area contributed by atoms with Crippen molar-refractivity contribution in [2.24, 2.45) is 0 Å². The minimum absolute atomic E-state index is 0.286. The Morgan fingerprint density at radius 3 is 2.63 bits per heavy atom. The van der Waals surface area contributed by atoms with Crippen LogP contribution in [0.1, 0.15) is 6.42 Å². The first-order valence-corrected chi connectivity index (χ1v) is 6.96. The maximum Gasteiger partial charge on any atom is 0.332 e. The van der Waals surface area contributed by atoms with Crippen molar-refractivity contribution in [3.05, 3.63) is 29.0 Å². The molecule has 0 aromatic heterocycles. The highest BCUT2D eigenvalue weighted by molar-refractivity contribution is 7.89. The molecule has 1 aromatic rings. The molecule has 0 spiro atoms. The maximum absolute atomic E-state index is 12.8. The monoisotopic (exact) mass is 311 g/mol. The Balaban J connectivity index is 2.74. The Morgan fingerprint density at radius 2 is 2.11 bits per heavy atom. The molecule has 1 unspecified atom stereocenters. The van der Waals surface area contributed by atoms with Crippen molar-refractivity contribution in [2.45, 2.75) is 17.4 Å². The fourth-order valence-electron chi connectivity index (χ4n) is 1.22. The van der Waals surface area contributed by atoms with Crippen LogP contribution in [0.4, 0.5) is 4.39 Å². The maximum atomic E-state index is 12.8. The smallest absolute Gasteiger partial charge is 0.332 e. The number of carboxylic acids is 1. The molecule has 0 aliphatic heterocycles. The summed E-state index contributed by atoms with van der Waals surface area (Å²) in [7, 11) is -3.98. The summed E-state index contributed by atoms with van der Waals surface area (Å²) in [5.41, 5.74) is 0. The zero-order chi connectivity index (χ0) is 14.6. The SMILES string of the molecule is O=C(O)C(O)CCNS(=O)(=O)c1ccc(F)cc1Cl. The molecule has 3 N–H and O–H groups in total. The Bertz CT molecular complexity index is 577. The second-order valence-electron chi connectivity index (χ2n) is 3.62. The van der Waals surface area contributed by atoms with E-state index in [1.165, 1.54) is 0 Å². The van der Waals surface area contributed by atoms with E-state index in [1.54, 1.807) is 0 Å². The summed E-state index contributed by atoms with van der Waals surface area (Å²) in [5.74, 6) is -2.12. The molecule has 0 saturated heterocycles. The van der Waals surface area contributed by atoms with E-state index in [4.69, 9.17) is 21.8 Å². The van der Waals surface area contributed by atoms with E-state index >= 15 is 0 Å². The molecule has 6 nitrogen and oxygen atoms in total. The lowest BCUT2D eigenvalue weighted by Crippen LogP contribution is -2.30. The van der Waals surface area contributed by atoms with E-state index in [0.717, 1.165) is 18.2 Å². The van der Waals surface area contributed by atoms with Gasteiger partial charge in [-0.15, -0.1) is 0 Å². The zero-order valence-corrected chi connectivity index (χ0v) is 11.1. The van der Waals surface area contributed by atoms with Crippen LogP contribution in [0.5, 0.6) is 0 Å². The summed E-state index contributed by atoms with van der Waals surface area (Å²) >= 11 is 5.60. The molecule has 1 rings (SSSR count). The number of hydrogen-bond donors (Lipinski definition) is 3. The van der Waals surface area contributed by atoms with Crippen LogP contribution in [0.25, 0.3) is 0 Å². The lowest BCUT2D eigenvalue weighted by molar-refractivity contribution is -0.146. The molecule has 1 aromatic carbocycles. The molecule has 9 heteroatoms. The molecule has 0 amide bonds. The van der Waals surface area contributed by atoms with Crippen LogP contribution < -0.4 is 4.72 Å². The normalized spacial score (nSPS) is 13.2. The van der Waals surface area contributed by atoms with Gasteiger partial charge in [0, 0.05) is 6.54 Å². The zero-order valence-electron chi connectivity index (χ0n) is 9.51. The van der Waals surface area contributed by atoms with Crippen molar-refractivity contribution >= 4 is 27.6 Å². The molecule has 0 saturated carbocycles. The van der Waals surface area contributed by atoms with E-state index in [1.807, 2.05) is 0 Å². The number of aliphatic hydroxyl groups excluding tert-OH is 1. The predicted molar refractivity (Wildman–Crippen MR) is 64.9 cm³/mol. The number of sulfonamides is 1. The van der Waals surface area contributed by atoms with Crippen molar-refractivity contribution in [3.8, 4) is 0 Å². The molecule has 0 radical (unpaired) electrons. The summed E-state index contributed by atoms with van der Waals surface area (Å²) in [5, 5.41) is 17.1. The molecule has 106 valence electrons. The van der Waals surface area contributed by atoms with Gasteiger partial charge in [-0.05, 0) is 24.6 Å². The Labute approximate surface area is 113 Å². The van der Waals surface area contributed by atoms with E-state index in [2.05, 4.69) is 4.72 Å². The molecule has 0 bridgehead atoms. The first kappa shape index (κ1) is 15.8. The van der Waals surface area contributed by atoms with E-state index in [-0.39, 0.29) is 22.9 Å². The quantitative estimate of drug-likeness (QED) is 0.713. The number of nitrogens with one attached hydrogen (secondary N) is 1. The Hall–Kier alpha value is -1.22. The van der Waals surface area contributed by atoms with Gasteiger partial charge in [0.05, 0.1) is 5.02 Å². The number of halogens is 2. The van der Waals surface area contributed by atoms with Gasteiger partial charge >= 0.3 is 5.97 Å². The Morgan fingerprint density at radius 1 is 1.47 bits per heavy atom. The highest BCUT2D eigenvalue weighted by Crippen LogP contribution is 2.21. The van der Waals surface area contributed by atoms with Gasteiger partial charge in [0.25, 0.3) is 0 Å². The van der Waals surface area contributed by atoms with Gasteiger partial charge in [0.2, 0.25) is 10.0 Å². The number of benzene rings is 1. The molecule has 1 atom stereocenters. The van der Waals surface area contributed by atoms with Gasteiger partial charge in [-0.1, -0.05) is 11.6 Å². The van der Waals surface area contributed by atoms with E-state index in [0.29, 0.717) is 0 Å². The van der Waals surface area contributed by atoms with Crippen molar-refractivity contribution in [2.75, 3.05) is 6.54 Å². The fraction of sp³-hybridized carbons (Fsp3) is 0.300. The van der Waals surface area contributed by atoms with Crippen LogP contribution in [0.3, 0.4) is 0 Å². The Kier molecular flexibility index (Phi) is 5.24. The topological polar surface area (TPSA) is 104 Å². The van der Waals surface area contributed by atoms with E-state index in [9.17, 15) is 17.6 Å². The highest BCUT2D eigenvalue weighted by Gasteiger charge is 2.19. The van der Waals surface area contributed by atoms with Crippen molar-refractivity contribution < 1.29 is 27.8 Å². The average molecular weight is 312 g/mol. The van der Waals surface area contributed by atoms with Gasteiger partial charge in [-0.25, -0.2) is 22.3 Å². The second kappa shape index (κ2) is 6.29. The number of aliphatic carboxylic acids is 1. The summed E-state index contributed by atoms with van der Waals surface area (Å²) in [6, 6.07) is 2.78. The molecule has 19 heavy (non-hydrogen) atoms. The average Bonchev–Trinajstić information content (AvgIpc) is 2.27. The predicted octanol–water partition coefficient (Wildman–Crippen LogP) is 0.593. The largest absolute Gasteiger partial charge is 0.479 e. The third-order valence-electron chi connectivity index (χ3n) is 2.18. The number of aliphatic hydroxyl groups is 1. The standard InChI is InChI=1S/C10H11ClFNO5S/c11-7-5-6(12)1-2-9(7)19(17,18)13-4-3-8(14)10(15)16/h1-2,5,8,13-14H,3-4H2,(H,15,16). The number of carboxylic acid groups (broad SMARTS) is 1. The molecular weight excluding hydrogens is 301 g/mol. The van der Waals surface area contributed by atoms with Crippen molar-refractivity contribution in [3.63, 3.8) is 0 Å². The lowest BCUT2D eigenvalue weighted by atomic mass is 10.3. The summed E-state index contributed by atoms with van der Waals surface area (Å²) in [6.07, 6.45) is -1.96. The van der Waals surface area contributed by atoms with Gasteiger partial charge < -0.3 is 10.2 Å². The van der Waals surface area contributed by atoms with Crippen LogP contribution in [-0.4, -0.2) is 37.2 Å². The second-order valence-corrected chi connectivity index (χ2v) is 5.76. The van der Waals surface area contributed by atoms with Crippen LogP contribution in [0.15, 0.2) is 23.1 Å². The molecule has 0 aliphatic rings. The molecular formula is C10H11ClFNO5S. The van der Waals surface area contributed by atoms with E-state index < -0.39 is 27.9 Å². The van der Waals surface area contributed by atoms with Crippen LogP contribution >= 0.6 is 11.6 Å². The number of hydrogen-bond acceptors (Lipinski definition) is 4. The summed E-state index contributed by atoms with van der Waals surface area (Å²) in [4.78, 5) is 10.0. The lowest BCUT2D eigenvalue weighted by Gasteiger charge is -2.09. The van der Waals surface area contributed by atoms with Crippen LogP contribution in [0.2, 0.25) is 5.02 Å². The summed E-state index contributed by atoms with van der Waals surface area (Å²) < 4.78 is 38.4. The van der Waals surface area contributed by atoms with Gasteiger partial charge in [0.1, 0.15) is 10.7 Å². The first-order valence-electron chi connectivity index (χ1n) is 5.09. The minimum atomic E-state index is -3.98. The minimum Gasteiger partial charge on any atom is -0.479 e. The number of carbonyl (C=O) groups is 1. The van der Waals surface area contributed by atoms with Crippen molar-refractivity contribution in [1.29, 1.82) is 0 Å². The molecule has 0 fully saturated rings. The van der Waals surface area contributed by atoms with Gasteiger partial charge in [-0.3, -0.25) is 0 Å². The third kappa shape index (κ3) is 4.43. The van der Waals surface area contributed by atoms with Crippen LogP contribution in [0, 0.1) is 5.82 Å². The van der Waals surface area contributed by atoms with Crippen molar-refractivity contribution in [1.82, 2.24) is 4.72 Å². The highest BCUT2D eigenvalue weighted by atomic mass is 35.5. The number of rotatable bonds is 6. The fourth-order valence-corrected chi connectivity index (χ4v) is 2.80. The summed E-state index contributed by atoms with van der Waals surface area (Å²) in [6.45, 7) is -0.288. The third-order valence-corrected chi connectivity index (χ3v) is 4.12. The van der Waals surface area contributed by atoms with Gasteiger partial charge in [0.15, 0.2) is 6.10 Å². The van der Waals surface area contributed by atoms with Gasteiger partial charge in [-0.2, -0.15) is 0 Å². The molecule has 0 aliphatic carbocycles. The van der Waals surface area contributed by atoms with Crippen LogP contribution in [-0.2, 0) is 14.8 Å². The first-order chi connectivity index (χ1) is 8.74. The molecule has 0 heterocycles.